The number of hydrogen-bond acceptors (Lipinski definition) is 5. The summed E-state index contributed by atoms with van der Waals surface area (Å²) in [5.74, 6) is 0.525. The SMILES string of the molecule is FC(F)(F)c1nnc(N2CC3CCCNC3C2)s1. The third-order valence-electron chi connectivity index (χ3n) is 3.53. The van der Waals surface area contributed by atoms with E-state index in [1.54, 1.807) is 0 Å². The van der Waals surface area contributed by atoms with Gasteiger partial charge in [-0.25, -0.2) is 0 Å². The van der Waals surface area contributed by atoms with Gasteiger partial charge in [0.2, 0.25) is 10.1 Å². The van der Waals surface area contributed by atoms with Crippen LogP contribution in [0.2, 0.25) is 0 Å². The first-order chi connectivity index (χ1) is 8.54. The number of piperidine rings is 1. The Morgan fingerprint density at radius 3 is 2.78 bits per heavy atom. The molecule has 2 atom stereocenters. The molecule has 3 heterocycles. The number of halogens is 3. The fourth-order valence-electron chi connectivity index (χ4n) is 2.66. The minimum Gasteiger partial charge on any atom is -0.345 e. The van der Waals surface area contributed by atoms with Gasteiger partial charge in [-0.2, -0.15) is 13.2 Å². The first-order valence-electron chi connectivity index (χ1n) is 5.93. The average molecular weight is 278 g/mol. The Bertz CT molecular complexity index is 419. The number of aromatic nitrogens is 2. The summed E-state index contributed by atoms with van der Waals surface area (Å²) in [5.41, 5.74) is 0. The molecule has 2 aliphatic heterocycles. The van der Waals surface area contributed by atoms with E-state index in [2.05, 4.69) is 15.5 Å². The highest BCUT2D eigenvalue weighted by Crippen LogP contribution is 2.36. The lowest BCUT2D eigenvalue weighted by Gasteiger charge is -2.24. The van der Waals surface area contributed by atoms with E-state index in [-0.39, 0.29) is 0 Å². The minimum absolute atomic E-state index is 0.386. The molecular formula is C10H13F3N4S. The first kappa shape index (κ1) is 12.2. The quantitative estimate of drug-likeness (QED) is 0.849. The summed E-state index contributed by atoms with van der Waals surface area (Å²) in [6.45, 7) is 2.51. The zero-order chi connectivity index (χ0) is 12.8. The van der Waals surface area contributed by atoms with Gasteiger partial charge in [-0.05, 0) is 25.3 Å². The molecule has 4 nitrogen and oxygen atoms in total. The summed E-state index contributed by atoms with van der Waals surface area (Å²) < 4.78 is 37.4. The van der Waals surface area contributed by atoms with Gasteiger partial charge in [-0.1, -0.05) is 11.3 Å². The number of anilines is 1. The number of hydrogen-bond donors (Lipinski definition) is 1. The van der Waals surface area contributed by atoms with E-state index < -0.39 is 11.2 Å². The van der Waals surface area contributed by atoms with E-state index in [4.69, 9.17) is 0 Å². The molecule has 1 aromatic rings. The zero-order valence-corrected chi connectivity index (χ0v) is 10.4. The van der Waals surface area contributed by atoms with Crippen molar-refractivity contribution in [3.8, 4) is 0 Å². The Morgan fingerprint density at radius 2 is 2.11 bits per heavy atom. The highest BCUT2D eigenvalue weighted by Gasteiger charge is 2.39. The van der Waals surface area contributed by atoms with Crippen LogP contribution in [0, 0.1) is 5.92 Å². The molecule has 0 amide bonds. The molecule has 0 spiro atoms. The van der Waals surface area contributed by atoms with E-state index in [1.165, 1.54) is 0 Å². The maximum absolute atomic E-state index is 12.5. The van der Waals surface area contributed by atoms with E-state index in [9.17, 15) is 13.2 Å². The Labute approximate surface area is 106 Å². The fourth-order valence-corrected chi connectivity index (χ4v) is 3.39. The lowest BCUT2D eigenvalue weighted by atomic mass is 9.94. The summed E-state index contributed by atoms with van der Waals surface area (Å²) in [6.07, 6.45) is -2.11. The monoisotopic (exact) mass is 278 g/mol. The molecule has 8 heteroatoms. The largest absolute Gasteiger partial charge is 0.445 e. The highest BCUT2D eigenvalue weighted by atomic mass is 32.1. The van der Waals surface area contributed by atoms with Crippen LogP contribution in [0.3, 0.4) is 0 Å². The van der Waals surface area contributed by atoms with Gasteiger partial charge < -0.3 is 10.2 Å². The van der Waals surface area contributed by atoms with Gasteiger partial charge in [0.25, 0.3) is 0 Å². The van der Waals surface area contributed by atoms with E-state index in [1.807, 2.05) is 4.90 Å². The van der Waals surface area contributed by atoms with Crippen molar-refractivity contribution in [1.29, 1.82) is 0 Å². The summed E-state index contributed by atoms with van der Waals surface area (Å²) >= 11 is 0.633. The molecule has 1 aromatic heterocycles. The third kappa shape index (κ3) is 2.18. The molecule has 2 aliphatic rings. The number of fused-ring (bicyclic) bond motifs is 1. The van der Waals surface area contributed by atoms with Crippen molar-refractivity contribution in [1.82, 2.24) is 15.5 Å². The van der Waals surface area contributed by atoms with Crippen molar-refractivity contribution < 1.29 is 13.2 Å². The normalized spacial score (nSPS) is 28.5. The molecule has 2 unspecified atom stereocenters. The Morgan fingerprint density at radius 1 is 1.28 bits per heavy atom. The first-order valence-corrected chi connectivity index (χ1v) is 6.75. The number of rotatable bonds is 1. The Balaban J connectivity index is 1.74. The van der Waals surface area contributed by atoms with Crippen molar-refractivity contribution in [2.24, 2.45) is 5.92 Å². The lowest BCUT2D eigenvalue weighted by molar-refractivity contribution is -0.138. The van der Waals surface area contributed by atoms with Crippen molar-refractivity contribution in [3.63, 3.8) is 0 Å². The molecule has 3 rings (SSSR count). The lowest BCUT2D eigenvalue weighted by Crippen LogP contribution is -2.40. The Hall–Kier alpha value is -0.890. The van der Waals surface area contributed by atoms with Crippen molar-refractivity contribution in [3.05, 3.63) is 5.01 Å². The molecule has 2 fully saturated rings. The maximum Gasteiger partial charge on any atom is 0.445 e. The van der Waals surface area contributed by atoms with Crippen molar-refractivity contribution in [2.45, 2.75) is 25.1 Å². The van der Waals surface area contributed by atoms with Gasteiger partial charge in [0.15, 0.2) is 0 Å². The van der Waals surface area contributed by atoms with Gasteiger partial charge in [0.1, 0.15) is 0 Å². The van der Waals surface area contributed by atoms with Crippen LogP contribution in [-0.2, 0) is 6.18 Å². The van der Waals surface area contributed by atoms with Crippen LogP contribution < -0.4 is 10.2 Å². The van der Waals surface area contributed by atoms with Crippen LogP contribution in [0.5, 0.6) is 0 Å². The molecule has 2 saturated heterocycles. The topological polar surface area (TPSA) is 41.1 Å². The molecule has 100 valence electrons. The van der Waals surface area contributed by atoms with Gasteiger partial charge in [0, 0.05) is 19.1 Å². The second kappa shape index (κ2) is 4.34. The standard InChI is InChI=1S/C10H13F3N4S/c11-10(12,13)8-15-16-9(18-8)17-4-6-2-1-3-14-7(6)5-17/h6-7,14H,1-5H2. The predicted octanol–water partition coefficient (Wildman–Crippen LogP) is 1.75. The van der Waals surface area contributed by atoms with Crippen LogP contribution in [0.4, 0.5) is 18.3 Å². The zero-order valence-electron chi connectivity index (χ0n) is 9.57. The summed E-state index contributed by atoms with van der Waals surface area (Å²) in [4.78, 5) is 1.92. The van der Waals surface area contributed by atoms with Crippen LogP contribution in [-0.4, -0.2) is 35.9 Å². The minimum atomic E-state index is -4.39. The average Bonchev–Trinajstić information content (AvgIpc) is 2.94. The molecule has 18 heavy (non-hydrogen) atoms. The van der Waals surface area contributed by atoms with E-state index in [0.29, 0.717) is 28.4 Å². The maximum atomic E-state index is 12.5. The molecule has 0 aromatic carbocycles. The molecule has 0 radical (unpaired) electrons. The van der Waals surface area contributed by atoms with E-state index in [0.717, 1.165) is 32.5 Å². The second-order valence-corrected chi connectivity index (χ2v) is 5.71. The summed E-state index contributed by atoms with van der Waals surface area (Å²) in [6, 6.07) is 0.386. The van der Waals surface area contributed by atoms with Crippen LogP contribution >= 0.6 is 11.3 Å². The van der Waals surface area contributed by atoms with Crippen molar-refractivity contribution in [2.75, 3.05) is 24.5 Å². The fraction of sp³-hybridized carbons (Fsp3) is 0.800. The third-order valence-corrected chi connectivity index (χ3v) is 4.56. The molecular weight excluding hydrogens is 265 g/mol. The van der Waals surface area contributed by atoms with Crippen LogP contribution in [0.15, 0.2) is 0 Å². The summed E-state index contributed by atoms with van der Waals surface area (Å²) in [7, 11) is 0. The Kier molecular flexibility index (Phi) is 2.93. The second-order valence-electron chi connectivity index (χ2n) is 4.76. The van der Waals surface area contributed by atoms with Crippen LogP contribution in [0.1, 0.15) is 17.8 Å². The van der Waals surface area contributed by atoms with E-state index >= 15 is 0 Å². The van der Waals surface area contributed by atoms with Gasteiger partial charge in [-0.3, -0.25) is 0 Å². The number of nitrogens with zero attached hydrogens (tertiary/aromatic N) is 3. The molecule has 0 saturated carbocycles. The van der Waals surface area contributed by atoms with Crippen LogP contribution in [0.25, 0.3) is 0 Å². The van der Waals surface area contributed by atoms with Crippen molar-refractivity contribution >= 4 is 16.5 Å². The van der Waals surface area contributed by atoms with Gasteiger partial charge in [0.05, 0.1) is 0 Å². The molecule has 0 bridgehead atoms. The molecule has 1 N–H and O–H groups in total. The number of alkyl halides is 3. The predicted molar refractivity (Wildman–Crippen MR) is 61.6 cm³/mol. The van der Waals surface area contributed by atoms with Gasteiger partial charge >= 0.3 is 6.18 Å². The van der Waals surface area contributed by atoms with Gasteiger partial charge in [-0.15, -0.1) is 10.2 Å². The number of nitrogens with one attached hydrogen (secondary N) is 1. The highest BCUT2D eigenvalue weighted by molar-refractivity contribution is 7.15. The summed E-state index contributed by atoms with van der Waals surface area (Å²) in [5, 5.41) is 9.84. The molecule has 0 aliphatic carbocycles. The smallest absolute Gasteiger partial charge is 0.345 e.